The summed E-state index contributed by atoms with van der Waals surface area (Å²) in [6.07, 6.45) is 3.89. The van der Waals surface area contributed by atoms with Crippen molar-refractivity contribution in [3.8, 4) is 22.6 Å². The van der Waals surface area contributed by atoms with Gasteiger partial charge in [-0.1, -0.05) is 36.4 Å². The van der Waals surface area contributed by atoms with Crippen LogP contribution < -0.4 is 9.47 Å². The number of piperidine rings is 1. The molecule has 0 aliphatic carbocycles. The molecule has 43 heavy (non-hydrogen) atoms. The zero-order valence-corrected chi connectivity index (χ0v) is 24.2. The average molecular weight is 605 g/mol. The van der Waals surface area contributed by atoms with Gasteiger partial charge in [-0.2, -0.15) is 0 Å². The van der Waals surface area contributed by atoms with Gasteiger partial charge in [0.05, 0.1) is 17.2 Å². The highest BCUT2D eigenvalue weighted by Gasteiger charge is 2.41. The molecule has 1 amide bonds. The Labute approximate surface area is 249 Å². The maximum absolute atomic E-state index is 13.5. The van der Waals surface area contributed by atoms with E-state index in [2.05, 4.69) is 11.1 Å². The second-order valence-corrected chi connectivity index (χ2v) is 13.2. The molecule has 2 aliphatic heterocycles. The fourth-order valence-corrected chi connectivity index (χ4v) is 7.09. The molecule has 1 saturated heterocycles. The maximum atomic E-state index is 13.5. The molecule has 4 aromatic rings. The lowest BCUT2D eigenvalue weighted by Crippen LogP contribution is -2.51. The zero-order chi connectivity index (χ0) is 30.0. The van der Waals surface area contributed by atoms with E-state index in [-0.39, 0.29) is 22.9 Å². The highest BCUT2D eigenvalue weighted by molar-refractivity contribution is 7.89. The van der Waals surface area contributed by atoms with Crippen molar-refractivity contribution in [2.75, 3.05) is 13.1 Å². The minimum Gasteiger partial charge on any atom is -0.487 e. The number of amides is 1. The molecule has 0 radical (unpaired) electrons. The van der Waals surface area contributed by atoms with Gasteiger partial charge in [-0.05, 0) is 71.5 Å². The molecule has 10 heteroatoms. The number of likely N-dealkylation sites (tertiary alicyclic amines) is 1. The summed E-state index contributed by atoms with van der Waals surface area (Å²) in [6, 6.07) is 21.9. The van der Waals surface area contributed by atoms with E-state index >= 15 is 0 Å². The van der Waals surface area contributed by atoms with Crippen molar-refractivity contribution in [2.24, 2.45) is 0 Å². The summed E-state index contributed by atoms with van der Waals surface area (Å²) < 4.78 is 63.7. The van der Waals surface area contributed by atoms with Crippen molar-refractivity contribution in [1.29, 1.82) is 0 Å². The molecular formula is C33H30F2N2O5S. The van der Waals surface area contributed by atoms with E-state index in [9.17, 15) is 22.0 Å². The number of rotatable bonds is 6. The molecule has 0 unspecified atom stereocenters. The van der Waals surface area contributed by atoms with Gasteiger partial charge in [0.1, 0.15) is 17.1 Å². The molecular weight excluding hydrogens is 574 g/mol. The van der Waals surface area contributed by atoms with Gasteiger partial charge in [-0.25, -0.2) is 22.0 Å². The molecule has 3 heterocycles. The topological polar surface area (TPSA) is 85.8 Å². The third-order valence-electron chi connectivity index (χ3n) is 8.03. The monoisotopic (exact) mass is 604 g/mol. The van der Waals surface area contributed by atoms with Crippen LogP contribution in [0.1, 0.15) is 36.1 Å². The van der Waals surface area contributed by atoms with Crippen molar-refractivity contribution in [2.45, 2.75) is 42.8 Å². The zero-order valence-electron chi connectivity index (χ0n) is 23.3. The number of pyridine rings is 1. The van der Waals surface area contributed by atoms with Crippen LogP contribution in [0.4, 0.5) is 13.6 Å². The molecule has 222 valence electrons. The minimum absolute atomic E-state index is 0.0388. The fraction of sp³-hybridized carbons (Fsp3) is 0.273. The number of sulfone groups is 1. The summed E-state index contributed by atoms with van der Waals surface area (Å²) in [5, 5.41) is 0. The van der Waals surface area contributed by atoms with Crippen LogP contribution in [0.5, 0.6) is 11.5 Å². The van der Waals surface area contributed by atoms with Crippen LogP contribution in [0, 0.1) is 11.6 Å². The van der Waals surface area contributed by atoms with E-state index in [4.69, 9.17) is 9.47 Å². The van der Waals surface area contributed by atoms with Crippen LogP contribution in [0.15, 0.2) is 85.1 Å². The first-order valence-corrected chi connectivity index (χ1v) is 15.9. The largest absolute Gasteiger partial charge is 0.487 e. The van der Waals surface area contributed by atoms with Crippen LogP contribution in [-0.4, -0.2) is 43.1 Å². The number of carbonyl (C=O) groups excluding carboxylic acids is 1. The van der Waals surface area contributed by atoms with Crippen LogP contribution in [0.25, 0.3) is 11.1 Å². The molecule has 1 spiro atoms. The number of hydrogen-bond donors (Lipinski definition) is 0. The van der Waals surface area contributed by atoms with Gasteiger partial charge in [-0.3, -0.25) is 4.98 Å². The molecule has 0 bridgehead atoms. The number of fused-ring (bicyclic) bond motifs is 1. The number of carbonyl (C=O) groups is 1. The van der Waals surface area contributed by atoms with Gasteiger partial charge in [0, 0.05) is 38.2 Å². The number of benzene rings is 3. The van der Waals surface area contributed by atoms with Crippen LogP contribution in [0.3, 0.4) is 0 Å². The quantitative estimate of drug-likeness (QED) is 0.250. The van der Waals surface area contributed by atoms with Gasteiger partial charge in [0.25, 0.3) is 0 Å². The lowest BCUT2D eigenvalue weighted by molar-refractivity contribution is -0.00949. The van der Waals surface area contributed by atoms with Crippen LogP contribution in [0.2, 0.25) is 0 Å². The molecule has 6 rings (SSSR count). The van der Waals surface area contributed by atoms with E-state index in [1.54, 1.807) is 29.3 Å². The van der Waals surface area contributed by atoms with Gasteiger partial charge >= 0.3 is 6.09 Å². The standard InChI is InChI=1S/C33H30F2N2O5S/c34-29-10-9-28(20-30(29)35)41-32(38)37-17-14-33(15-18-37)13-12-26-19-25(8-11-31(26)42-33)24-6-4-23(5-7-24)21-43(39,40)22-27-3-1-2-16-36-27/h1-11,16,19-20H,12-15,17-18,21-22H2. The van der Waals surface area contributed by atoms with Crippen molar-refractivity contribution < 1.29 is 31.5 Å². The molecule has 0 saturated carbocycles. The van der Waals surface area contributed by atoms with Gasteiger partial charge in [-0.15, -0.1) is 0 Å². The fourth-order valence-electron chi connectivity index (χ4n) is 5.66. The highest BCUT2D eigenvalue weighted by Crippen LogP contribution is 2.41. The molecule has 0 N–H and O–H groups in total. The summed E-state index contributed by atoms with van der Waals surface area (Å²) in [5.74, 6) is -1.43. The normalized spacial score (nSPS) is 15.9. The lowest BCUT2D eigenvalue weighted by atomic mass is 9.82. The minimum atomic E-state index is -3.35. The van der Waals surface area contributed by atoms with Crippen molar-refractivity contribution in [3.05, 3.63) is 114 Å². The molecule has 1 fully saturated rings. The first kappa shape index (κ1) is 28.8. The van der Waals surface area contributed by atoms with E-state index < -0.39 is 27.6 Å². The predicted octanol–water partition coefficient (Wildman–Crippen LogP) is 6.50. The van der Waals surface area contributed by atoms with Gasteiger partial charge in [0.2, 0.25) is 0 Å². The third-order valence-corrected chi connectivity index (χ3v) is 9.54. The smallest absolute Gasteiger partial charge is 0.415 e. The Bertz CT molecular complexity index is 1740. The van der Waals surface area contributed by atoms with E-state index in [0.717, 1.165) is 53.0 Å². The predicted molar refractivity (Wildman–Crippen MR) is 157 cm³/mol. The second-order valence-electron chi connectivity index (χ2n) is 11.1. The first-order valence-electron chi connectivity index (χ1n) is 14.1. The Morgan fingerprint density at radius 2 is 1.65 bits per heavy atom. The summed E-state index contributed by atoms with van der Waals surface area (Å²) >= 11 is 0. The molecule has 0 atom stereocenters. The highest BCUT2D eigenvalue weighted by atomic mass is 32.2. The number of aryl methyl sites for hydroxylation is 1. The van der Waals surface area contributed by atoms with Crippen molar-refractivity contribution >= 4 is 15.9 Å². The molecule has 3 aromatic carbocycles. The summed E-state index contributed by atoms with van der Waals surface area (Å²) in [6.45, 7) is 0.861. The van der Waals surface area contributed by atoms with Gasteiger partial charge in [0.15, 0.2) is 21.5 Å². The second kappa shape index (κ2) is 11.8. The first-order chi connectivity index (χ1) is 20.7. The Hall–Kier alpha value is -4.31. The average Bonchev–Trinajstić information content (AvgIpc) is 2.99. The number of aromatic nitrogens is 1. The Morgan fingerprint density at radius 1 is 0.884 bits per heavy atom. The van der Waals surface area contributed by atoms with E-state index in [0.29, 0.717) is 31.6 Å². The van der Waals surface area contributed by atoms with Crippen molar-refractivity contribution in [3.63, 3.8) is 0 Å². The number of nitrogens with zero attached hydrogens (tertiary/aromatic N) is 2. The van der Waals surface area contributed by atoms with E-state index in [1.165, 1.54) is 6.07 Å². The van der Waals surface area contributed by atoms with Gasteiger partial charge < -0.3 is 14.4 Å². The summed E-state index contributed by atoms with van der Waals surface area (Å²) in [4.78, 5) is 18.3. The maximum Gasteiger partial charge on any atom is 0.415 e. The third kappa shape index (κ3) is 6.69. The van der Waals surface area contributed by atoms with Crippen LogP contribution in [-0.2, 0) is 27.8 Å². The summed E-state index contributed by atoms with van der Waals surface area (Å²) in [5.41, 5.74) is 3.99. The number of hydrogen-bond acceptors (Lipinski definition) is 6. The lowest BCUT2D eigenvalue weighted by Gasteiger charge is -2.44. The number of ether oxygens (including phenoxy) is 2. The Balaban J connectivity index is 1.05. The Kier molecular flexibility index (Phi) is 7.87. The summed E-state index contributed by atoms with van der Waals surface area (Å²) in [7, 11) is -3.35. The molecule has 1 aromatic heterocycles. The van der Waals surface area contributed by atoms with Crippen molar-refractivity contribution in [1.82, 2.24) is 9.88 Å². The van der Waals surface area contributed by atoms with E-state index in [1.807, 2.05) is 36.4 Å². The number of halogens is 2. The molecule has 7 nitrogen and oxygen atoms in total. The van der Waals surface area contributed by atoms with Crippen LogP contribution >= 0.6 is 0 Å². The Morgan fingerprint density at radius 3 is 2.37 bits per heavy atom. The SMILES string of the molecule is O=C(Oc1ccc(F)c(F)c1)N1CCC2(CCc3cc(-c4ccc(CS(=O)(=O)Cc5ccccn5)cc4)ccc3O2)CC1. The molecule has 2 aliphatic rings.